The third-order valence-corrected chi connectivity index (χ3v) is 4.92. The number of rotatable bonds is 4. The Hall–Kier alpha value is -2.06. The second-order valence-electron chi connectivity index (χ2n) is 5.80. The molecular formula is C18H18Br2N4O2. The molecule has 136 valence electrons. The average molecular weight is 482 g/mol. The van der Waals surface area contributed by atoms with Crippen LogP contribution in [0, 0.1) is 0 Å². The Labute approximate surface area is 168 Å². The number of phenolic OH excluding ortho intramolecular Hbond substituents is 2. The molecule has 0 aromatic heterocycles. The van der Waals surface area contributed by atoms with E-state index in [0.29, 0.717) is 11.1 Å². The summed E-state index contributed by atoms with van der Waals surface area (Å²) in [6, 6.07) is 10.5. The summed E-state index contributed by atoms with van der Waals surface area (Å²) >= 11 is 6.77. The van der Waals surface area contributed by atoms with Crippen LogP contribution < -0.4 is 0 Å². The van der Waals surface area contributed by atoms with Crippen molar-refractivity contribution in [3.8, 4) is 11.5 Å². The summed E-state index contributed by atoms with van der Waals surface area (Å²) in [5, 5.41) is 32.5. The zero-order chi connectivity index (χ0) is 18.5. The van der Waals surface area contributed by atoms with E-state index < -0.39 is 0 Å². The van der Waals surface area contributed by atoms with Gasteiger partial charge >= 0.3 is 0 Å². The van der Waals surface area contributed by atoms with Crippen molar-refractivity contribution in [2.75, 3.05) is 26.2 Å². The van der Waals surface area contributed by atoms with Gasteiger partial charge in [-0.1, -0.05) is 31.9 Å². The number of hydrazone groups is 2. The second kappa shape index (κ2) is 8.55. The van der Waals surface area contributed by atoms with Crippen LogP contribution in [0.15, 0.2) is 55.5 Å². The molecule has 0 amide bonds. The highest BCUT2D eigenvalue weighted by Gasteiger charge is 2.13. The van der Waals surface area contributed by atoms with E-state index >= 15 is 0 Å². The molecule has 2 aromatic carbocycles. The van der Waals surface area contributed by atoms with E-state index in [0.717, 1.165) is 35.1 Å². The van der Waals surface area contributed by atoms with Gasteiger partial charge in [0.2, 0.25) is 0 Å². The summed E-state index contributed by atoms with van der Waals surface area (Å²) in [5.74, 6) is 0.406. The van der Waals surface area contributed by atoms with Crippen LogP contribution in [0.4, 0.5) is 0 Å². The number of aromatic hydroxyl groups is 2. The average Bonchev–Trinajstić information content (AvgIpc) is 2.64. The van der Waals surface area contributed by atoms with E-state index in [1.807, 2.05) is 22.2 Å². The quantitative estimate of drug-likeness (QED) is 0.654. The van der Waals surface area contributed by atoms with Gasteiger partial charge in [0, 0.05) is 20.1 Å². The molecule has 1 fully saturated rings. The Bertz CT molecular complexity index is 764. The Morgan fingerprint density at radius 1 is 0.731 bits per heavy atom. The van der Waals surface area contributed by atoms with Crippen LogP contribution in [0.1, 0.15) is 11.1 Å². The summed E-state index contributed by atoms with van der Waals surface area (Å²) in [6.07, 6.45) is 3.33. The molecule has 1 aliphatic heterocycles. The van der Waals surface area contributed by atoms with E-state index in [4.69, 9.17) is 0 Å². The molecule has 0 saturated carbocycles. The third-order valence-electron chi connectivity index (χ3n) is 3.93. The molecule has 1 aliphatic rings. The Morgan fingerprint density at radius 3 is 1.50 bits per heavy atom. The van der Waals surface area contributed by atoms with Gasteiger partial charge < -0.3 is 10.2 Å². The molecular weight excluding hydrogens is 464 g/mol. The van der Waals surface area contributed by atoms with Gasteiger partial charge in [0.05, 0.1) is 38.6 Å². The van der Waals surface area contributed by atoms with Gasteiger partial charge in [0.1, 0.15) is 11.5 Å². The Morgan fingerprint density at radius 2 is 1.12 bits per heavy atom. The Kier molecular flexibility index (Phi) is 6.16. The zero-order valence-corrected chi connectivity index (χ0v) is 17.1. The maximum atomic E-state index is 9.84. The molecule has 0 radical (unpaired) electrons. The number of phenols is 2. The van der Waals surface area contributed by atoms with Crippen LogP contribution in [-0.4, -0.2) is 58.8 Å². The lowest BCUT2D eigenvalue weighted by atomic mass is 10.2. The number of hydrogen-bond donors (Lipinski definition) is 2. The van der Waals surface area contributed by atoms with Crippen LogP contribution in [0.2, 0.25) is 0 Å². The van der Waals surface area contributed by atoms with Gasteiger partial charge in [-0.25, -0.2) is 0 Å². The van der Waals surface area contributed by atoms with Gasteiger partial charge in [-0.3, -0.25) is 10.0 Å². The summed E-state index contributed by atoms with van der Waals surface area (Å²) in [7, 11) is 0. The predicted molar refractivity (Wildman–Crippen MR) is 110 cm³/mol. The molecule has 1 heterocycles. The van der Waals surface area contributed by atoms with Crippen molar-refractivity contribution >= 4 is 44.3 Å². The van der Waals surface area contributed by atoms with E-state index in [1.165, 1.54) is 0 Å². The summed E-state index contributed by atoms with van der Waals surface area (Å²) in [4.78, 5) is 0. The smallest absolute Gasteiger partial charge is 0.124 e. The summed E-state index contributed by atoms with van der Waals surface area (Å²) in [6.45, 7) is 2.92. The molecule has 8 heteroatoms. The minimum absolute atomic E-state index is 0.203. The van der Waals surface area contributed by atoms with Gasteiger partial charge in [0.25, 0.3) is 0 Å². The first-order chi connectivity index (χ1) is 12.5. The maximum Gasteiger partial charge on any atom is 0.124 e. The molecule has 2 aromatic rings. The fourth-order valence-corrected chi connectivity index (χ4v) is 3.22. The fourth-order valence-electron chi connectivity index (χ4n) is 2.46. The molecule has 0 bridgehead atoms. The van der Waals surface area contributed by atoms with Crippen LogP contribution in [0.5, 0.6) is 11.5 Å². The highest BCUT2D eigenvalue weighted by atomic mass is 79.9. The summed E-state index contributed by atoms with van der Waals surface area (Å²) in [5.41, 5.74) is 1.34. The first kappa shape index (κ1) is 18.7. The lowest BCUT2D eigenvalue weighted by molar-refractivity contribution is 0.141. The van der Waals surface area contributed by atoms with Crippen molar-refractivity contribution < 1.29 is 10.2 Å². The van der Waals surface area contributed by atoms with Crippen LogP contribution in [0.25, 0.3) is 0 Å². The molecule has 2 N–H and O–H groups in total. The molecule has 0 atom stereocenters. The predicted octanol–water partition coefficient (Wildman–Crippen LogP) is 3.61. The van der Waals surface area contributed by atoms with Crippen molar-refractivity contribution in [2.45, 2.75) is 0 Å². The Balaban J connectivity index is 1.56. The van der Waals surface area contributed by atoms with Gasteiger partial charge in [-0.05, 0) is 36.4 Å². The molecule has 0 aliphatic carbocycles. The lowest BCUT2D eigenvalue weighted by Crippen LogP contribution is -2.41. The standard InChI is InChI=1S/C18H18Br2N4O2/c19-15-1-3-17(25)13(9-15)11-21-23-5-7-24(8-6-23)22-12-14-10-16(20)2-4-18(14)26/h1-4,9-12,25-26H,5-8H2/b21-11+,22-12+. The minimum Gasteiger partial charge on any atom is -0.507 e. The van der Waals surface area contributed by atoms with Crippen LogP contribution in [0.3, 0.4) is 0 Å². The topological polar surface area (TPSA) is 71.7 Å². The van der Waals surface area contributed by atoms with E-state index in [9.17, 15) is 10.2 Å². The third kappa shape index (κ3) is 4.98. The molecule has 26 heavy (non-hydrogen) atoms. The summed E-state index contributed by atoms with van der Waals surface area (Å²) < 4.78 is 1.79. The largest absolute Gasteiger partial charge is 0.507 e. The molecule has 1 saturated heterocycles. The van der Waals surface area contributed by atoms with E-state index in [1.54, 1.807) is 36.7 Å². The molecule has 6 nitrogen and oxygen atoms in total. The number of benzene rings is 2. The number of nitrogens with zero attached hydrogens (tertiary/aromatic N) is 4. The molecule has 3 rings (SSSR count). The van der Waals surface area contributed by atoms with E-state index in [2.05, 4.69) is 42.1 Å². The number of piperazine rings is 1. The zero-order valence-electron chi connectivity index (χ0n) is 13.9. The maximum absolute atomic E-state index is 9.84. The number of hydrogen-bond acceptors (Lipinski definition) is 6. The monoisotopic (exact) mass is 480 g/mol. The number of halogens is 2. The minimum atomic E-state index is 0.203. The second-order valence-corrected chi connectivity index (χ2v) is 7.63. The molecule has 0 unspecified atom stereocenters. The van der Waals surface area contributed by atoms with Crippen molar-refractivity contribution in [1.29, 1.82) is 0 Å². The highest BCUT2D eigenvalue weighted by molar-refractivity contribution is 9.10. The normalized spacial score (nSPS) is 15.3. The fraction of sp³-hybridized carbons (Fsp3) is 0.222. The van der Waals surface area contributed by atoms with Crippen molar-refractivity contribution in [2.24, 2.45) is 10.2 Å². The highest BCUT2D eigenvalue weighted by Crippen LogP contribution is 2.21. The van der Waals surface area contributed by atoms with Crippen molar-refractivity contribution in [3.05, 3.63) is 56.5 Å². The van der Waals surface area contributed by atoms with Gasteiger partial charge in [-0.15, -0.1) is 0 Å². The van der Waals surface area contributed by atoms with E-state index in [-0.39, 0.29) is 11.5 Å². The first-order valence-electron chi connectivity index (χ1n) is 8.06. The van der Waals surface area contributed by atoms with Crippen molar-refractivity contribution in [1.82, 2.24) is 10.0 Å². The molecule has 0 spiro atoms. The first-order valence-corrected chi connectivity index (χ1v) is 9.65. The van der Waals surface area contributed by atoms with Crippen molar-refractivity contribution in [3.63, 3.8) is 0 Å². The van der Waals surface area contributed by atoms with Gasteiger partial charge in [-0.2, -0.15) is 10.2 Å². The van der Waals surface area contributed by atoms with Crippen LogP contribution >= 0.6 is 31.9 Å². The lowest BCUT2D eigenvalue weighted by Gasteiger charge is -2.31. The van der Waals surface area contributed by atoms with Gasteiger partial charge in [0.15, 0.2) is 0 Å². The van der Waals surface area contributed by atoms with Crippen LogP contribution in [-0.2, 0) is 0 Å². The SMILES string of the molecule is Oc1ccc(Br)cc1/C=N/N1CCN(/N=C/c2cc(Br)ccc2O)CC1.